The van der Waals surface area contributed by atoms with E-state index in [2.05, 4.69) is 10.1 Å². The summed E-state index contributed by atoms with van der Waals surface area (Å²) in [5.41, 5.74) is 2.24. The Bertz CT molecular complexity index is 962. The van der Waals surface area contributed by atoms with E-state index >= 15 is 0 Å². The van der Waals surface area contributed by atoms with Crippen LogP contribution in [-0.4, -0.2) is 69.8 Å². The first-order valence-corrected chi connectivity index (χ1v) is 10.5. The van der Waals surface area contributed by atoms with Crippen LogP contribution in [0.5, 0.6) is 0 Å². The molecule has 32 heavy (non-hydrogen) atoms. The summed E-state index contributed by atoms with van der Waals surface area (Å²) in [6, 6.07) is 4.89. The number of likely N-dealkylation sites (N-methyl/N-ethyl adjacent to an activating group) is 1. The summed E-state index contributed by atoms with van der Waals surface area (Å²) in [7, 11) is 3.96. The zero-order valence-electron chi connectivity index (χ0n) is 19.4. The molecule has 0 saturated carbocycles. The summed E-state index contributed by atoms with van der Waals surface area (Å²) in [6.07, 6.45) is 0.176. The van der Waals surface area contributed by atoms with Crippen molar-refractivity contribution in [3.8, 4) is 11.4 Å². The molecule has 176 valence electrons. The van der Waals surface area contributed by atoms with Gasteiger partial charge in [0.2, 0.25) is 17.6 Å². The lowest BCUT2D eigenvalue weighted by atomic mass is 9.88. The van der Waals surface area contributed by atoms with Gasteiger partial charge in [-0.3, -0.25) is 9.69 Å². The molecule has 0 spiro atoms. The van der Waals surface area contributed by atoms with Crippen molar-refractivity contribution >= 4 is 30.1 Å². The molecule has 0 unspecified atom stereocenters. The Morgan fingerprint density at radius 2 is 2.00 bits per heavy atom. The minimum absolute atomic E-state index is 0. The van der Waals surface area contributed by atoms with Crippen LogP contribution < -0.4 is 4.90 Å². The Morgan fingerprint density at radius 1 is 1.31 bits per heavy atom. The van der Waals surface area contributed by atoms with Crippen LogP contribution >= 0.6 is 12.4 Å². The van der Waals surface area contributed by atoms with Gasteiger partial charge in [-0.1, -0.05) is 5.16 Å². The van der Waals surface area contributed by atoms with E-state index in [1.165, 1.54) is 11.8 Å². The van der Waals surface area contributed by atoms with Crippen LogP contribution in [0.2, 0.25) is 0 Å². The number of hydrogen-bond acceptors (Lipinski definition) is 6. The molecule has 0 saturated heterocycles. The zero-order chi connectivity index (χ0) is 22.9. The maximum atomic E-state index is 12.4. The van der Waals surface area contributed by atoms with Crippen LogP contribution in [0.1, 0.15) is 51.6 Å². The van der Waals surface area contributed by atoms with Crippen molar-refractivity contribution in [3.63, 3.8) is 0 Å². The number of fused-ring (bicyclic) bond motifs is 1. The first-order valence-electron chi connectivity index (χ1n) is 10.5. The third-order valence-corrected chi connectivity index (χ3v) is 5.60. The molecule has 1 aliphatic heterocycles. The van der Waals surface area contributed by atoms with Crippen LogP contribution in [0.4, 0.5) is 10.5 Å². The molecule has 3 rings (SSSR count). The number of benzene rings is 1. The Balaban J connectivity index is 0.00000363. The summed E-state index contributed by atoms with van der Waals surface area (Å²) >= 11 is 0. The van der Waals surface area contributed by atoms with Crippen molar-refractivity contribution in [1.82, 2.24) is 19.9 Å². The maximum Gasteiger partial charge on any atom is 0.408 e. The Kier molecular flexibility index (Phi) is 8.25. The van der Waals surface area contributed by atoms with E-state index in [1.54, 1.807) is 4.90 Å². The lowest BCUT2D eigenvalue weighted by Gasteiger charge is -2.43. The number of carbonyl (C=O) groups excluding carboxylic acids is 1. The fourth-order valence-electron chi connectivity index (χ4n) is 4.22. The minimum atomic E-state index is -0.981. The molecule has 0 aliphatic carbocycles. The van der Waals surface area contributed by atoms with E-state index in [0.29, 0.717) is 24.6 Å². The van der Waals surface area contributed by atoms with Crippen LogP contribution in [0.15, 0.2) is 22.7 Å². The van der Waals surface area contributed by atoms with Crippen LogP contribution in [0.3, 0.4) is 0 Å². The monoisotopic (exact) mass is 465 g/mol. The van der Waals surface area contributed by atoms with E-state index in [1.807, 2.05) is 58.0 Å². The number of hydrogen-bond donors (Lipinski definition) is 1. The van der Waals surface area contributed by atoms with Crippen LogP contribution in [0.25, 0.3) is 11.4 Å². The third kappa shape index (κ3) is 5.21. The highest BCUT2D eigenvalue weighted by molar-refractivity contribution is 5.94. The highest BCUT2D eigenvalue weighted by atomic mass is 35.5. The quantitative estimate of drug-likeness (QED) is 0.691. The van der Waals surface area contributed by atoms with Crippen LogP contribution in [-0.2, 0) is 11.2 Å². The van der Waals surface area contributed by atoms with Crippen molar-refractivity contribution in [2.75, 3.05) is 25.5 Å². The van der Waals surface area contributed by atoms with Gasteiger partial charge in [0, 0.05) is 43.2 Å². The molecule has 2 atom stereocenters. The average Bonchev–Trinajstić information content (AvgIpc) is 3.14. The number of nitrogens with zero attached hydrogens (tertiary/aromatic N) is 5. The van der Waals surface area contributed by atoms with Gasteiger partial charge in [0.05, 0.1) is 6.04 Å². The fraction of sp³-hybridized carbons (Fsp3) is 0.545. The van der Waals surface area contributed by atoms with Gasteiger partial charge >= 0.3 is 6.09 Å². The van der Waals surface area contributed by atoms with E-state index in [9.17, 15) is 14.7 Å². The molecule has 0 fully saturated rings. The Labute approximate surface area is 194 Å². The normalized spacial score (nSPS) is 17.8. The zero-order valence-corrected chi connectivity index (χ0v) is 20.2. The predicted molar refractivity (Wildman–Crippen MR) is 124 cm³/mol. The smallest absolute Gasteiger partial charge is 0.408 e. The van der Waals surface area contributed by atoms with Crippen molar-refractivity contribution in [1.29, 1.82) is 0 Å². The first-order chi connectivity index (χ1) is 14.6. The largest absolute Gasteiger partial charge is 0.465 e. The van der Waals surface area contributed by atoms with Crippen molar-refractivity contribution < 1.29 is 19.2 Å². The number of anilines is 1. The number of amides is 2. The average molecular weight is 466 g/mol. The van der Waals surface area contributed by atoms with Crippen molar-refractivity contribution in [3.05, 3.63) is 29.7 Å². The van der Waals surface area contributed by atoms with Gasteiger partial charge in [-0.25, -0.2) is 4.79 Å². The second-order valence-corrected chi connectivity index (χ2v) is 8.61. The highest BCUT2D eigenvalue weighted by Gasteiger charge is 2.38. The second-order valence-electron chi connectivity index (χ2n) is 8.61. The van der Waals surface area contributed by atoms with E-state index in [4.69, 9.17) is 4.52 Å². The second kappa shape index (κ2) is 10.3. The molecule has 0 radical (unpaired) electrons. The molecular weight excluding hydrogens is 434 g/mol. The SMILES string of the molecule is CC(=O)N1c2ccc(-c3noc(CCN(C)C)n3)cc2[C@H](N(C(=O)O)C(C)C)C[C@@H]1C.Cl. The summed E-state index contributed by atoms with van der Waals surface area (Å²) in [5, 5.41) is 14.0. The number of rotatable bonds is 6. The third-order valence-electron chi connectivity index (χ3n) is 5.60. The van der Waals surface area contributed by atoms with Gasteiger partial charge in [-0.2, -0.15) is 4.98 Å². The topological polar surface area (TPSA) is 103 Å². The summed E-state index contributed by atoms with van der Waals surface area (Å²) < 4.78 is 5.38. The summed E-state index contributed by atoms with van der Waals surface area (Å²) in [6.45, 7) is 7.98. The molecule has 2 heterocycles. The predicted octanol–water partition coefficient (Wildman–Crippen LogP) is 3.84. The molecule has 1 aromatic heterocycles. The maximum absolute atomic E-state index is 12.4. The summed E-state index contributed by atoms with van der Waals surface area (Å²) in [4.78, 5) is 34.1. The number of aromatic nitrogens is 2. The molecular formula is C22H32ClN5O4. The first kappa shape index (κ1) is 25.6. The molecule has 2 amide bonds. The number of carboxylic acid groups (broad SMARTS) is 1. The highest BCUT2D eigenvalue weighted by Crippen LogP contribution is 2.42. The Hall–Kier alpha value is -2.65. The van der Waals surface area contributed by atoms with Gasteiger partial charge in [-0.15, -0.1) is 12.4 Å². The van der Waals surface area contributed by atoms with E-state index < -0.39 is 6.09 Å². The van der Waals surface area contributed by atoms with E-state index in [-0.39, 0.29) is 36.4 Å². The minimum Gasteiger partial charge on any atom is -0.465 e. The lowest BCUT2D eigenvalue weighted by molar-refractivity contribution is -0.117. The van der Waals surface area contributed by atoms with Crippen molar-refractivity contribution in [2.45, 2.75) is 58.7 Å². The van der Waals surface area contributed by atoms with Gasteiger partial charge in [-0.05, 0) is 65.0 Å². The molecule has 1 N–H and O–H groups in total. The van der Waals surface area contributed by atoms with Gasteiger partial charge in [0.1, 0.15) is 0 Å². The summed E-state index contributed by atoms with van der Waals surface area (Å²) in [5.74, 6) is 0.929. The number of carbonyl (C=O) groups is 2. The van der Waals surface area contributed by atoms with E-state index in [0.717, 1.165) is 23.4 Å². The molecule has 10 heteroatoms. The number of halogens is 1. The van der Waals surface area contributed by atoms with Gasteiger partial charge in [0.25, 0.3) is 0 Å². The van der Waals surface area contributed by atoms with Crippen LogP contribution in [0, 0.1) is 0 Å². The fourth-order valence-corrected chi connectivity index (χ4v) is 4.22. The standard InChI is InChI=1S/C22H31N5O4.ClH/c1-13(2)26(22(29)30)19-11-14(3)27(15(4)28)18-8-7-16(12-17(18)19)21-23-20(31-24-21)9-10-25(5)6;/h7-8,12-14,19H,9-11H2,1-6H3,(H,29,30);1H/t14-,19+;/m0./s1. The molecule has 9 nitrogen and oxygen atoms in total. The Morgan fingerprint density at radius 3 is 2.56 bits per heavy atom. The molecule has 2 aromatic rings. The molecule has 1 aliphatic rings. The molecule has 0 bridgehead atoms. The molecule has 1 aromatic carbocycles. The van der Waals surface area contributed by atoms with Gasteiger partial charge in [0.15, 0.2) is 0 Å². The van der Waals surface area contributed by atoms with Gasteiger partial charge < -0.3 is 19.4 Å². The van der Waals surface area contributed by atoms with Crippen molar-refractivity contribution in [2.24, 2.45) is 0 Å². The lowest BCUT2D eigenvalue weighted by Crippen LogP contribution is -2.48.